The van der Waals surface area contributed by atoms with Crippen molar-refractivity contribution in [2.75, 3.05) is 16.8 Å². The SMILES string of the molecule is Cc1cc2c(c(F)n1)-c1ccnn1[C@@H](C)C(=O)N2CC(=O)Nc1ccc(C(F)F)cc1. The molecule has 1 aromatic carbocycles. The highest BCUT2D eigenvalue weighted by Crippen LogP contribution is 2.38. The number of amides is 2. The van der Waals surface area contributed by atoms with Crippen molar-refractivity contribution >= 4 is 23.2 Å². The number of anilines is 2. The number of carbonyl (C=O) groups is 2. The van der Waals surface area contributed by atoms with Gasteiger partial charge in [0.25, 0.3) is 12.3 Å². The lowest BCUT2D eigenvalue weighted by Crippen LogP contribution is -2.41. The van der Waals surface area contributed by atoms with E-state index in [0.717, 1.165) is 0 Å². The monoisotopic (exact) mass is 429 g/mol. The number of nitrogens with one attached hydrogen (secondary N) is 1. The van der Waals surface area contributed by atoms with E-state index in [1.54, 1.807) is 19.9 Å². The Labute approximate surface area is 175 Å². The quantitative estimate of drug-likeness (QED) is 0.639. The largest absolute Gasteiger partial charge is 0.325 e. The molecule has 1 N–H and O–H groups in total. The van der Waals surface area contributed by atoms with Crippen LogP contribution in [0, 0.1) is 12.9 Å². The first kappa shape index (κ1) is 20.6. The van der Waals surface area contributed by atoms with Crippen molar-refractivity contribution in [2.24, 2.45) is 0 Å². The fourth-order valence-corrected chi connectivity index (χ4v) is 3.56. The van der Waals surface area contributed by atoms with Crippen molar-refractivity contribution in [3.05, 3.63) is 59.8 Å². The average molecular weight is 429 g/mol. The third kappa shape index (κ3) is 3.76. The lowest BCUT2D eigenvalue weighted by molar-refractivity contribution is -0.123. The number of aryl methyl sites for hydroxylation is 1. The van der Waals surface area contributed by atoms with Crippen LogP contribution in [0.3, 0.4) is 0 Å². The summed E-state index contributed by atoms with van der Waals surface area (Å²) in [6, 6.07) is 7.45. The number of carbonyl (C=O) groups excluding carboxylic acids is 2. The summed E-state index contributed by atoms with van der Waals surface area (Å²) in [7, 11) is 0. The topological polar surface area (TPSA) is 80.1 Å². The van der Waals surface area contributed by atoms with Gasteiger partial charge in [0.05, 0.1) is 16.9 Å². The maximum Gasteiger partial charge on any atom is 0.263 e. The zero-order valence-electron chi connectivity index (χ0n) is 16.6. The van der Waals surface area contributed by atoms with E-state index in [4.69, 9.17) is 0 Å². The molecule has 1 aliphatic rings. The maximum absolute atomic E-state index is 14.8. The summed E-state index contributed by atoms with van der Waals surface area (Å²) in [6.45, 7) is 2.79. The summed E-state index contributed by atoms with van der Waals surface area (Å²) in [4.78, 5) is 30.9. The fraction of sp³-hybridized carbons (Fsp3) is 0.238. The molecule has 31 heavy (non-hydrogen) atoms. The van der Waals surface area contributed by atoms with E-state index in [2.05, 4.69) is 15.4 Å². The van der Waals surface area contributed by atoms with Crippen molar-refractivity contribution in [1.82, 2.24) is 14.8 Å². The second-order valence-electron chi connectivity index (χ2n) is 7.18. The van der Waals surface area contributed by atoms with Gasteiger partial charge < -0.3 is 10.2 Å². The zero-order valence-corrected chi connectivity index (χ0v) is 16.6. The van der Waals surface area contributed by atoms with Gasteiger partial charge in [-0.2, -0.15) is 9.49 Å². The lowest BCUT2D eigenvalue weighted by Gasteiger charge is -2.24. The molecule has 0 fully saturated rings. The lowest BCUT2D eigenvalue weighted by atomic mass is 10.1. The number of pyridine rings is 1. The van der Waals surface area contributed by atoms with Gasteiger partial charge in [-0.05, 0) is 38.1 Å². The van der Waals surface area contributed by atoms with Crippen LogP contribution in [0.5, 0.6) is 0 Å². The summed E-state index contributed by atoms with van der Waals surface area (Å²) < 4.78 is 41.6. The van der Waals surface area contributed by atoms with E-state index in [1.807, 2.05) is 0 Å². The molecule has 1 aliphatic heterocycles. The van der Waals surface area contributed by atoms with Crippen LogP contribution < -0.4 is 10.2 Å². The van der Waals surface area contributed by atoms with Gasteiger partial charge in [-0.3, -0.25) is 14.3 Å². The summed E-state index contributed by atoms with van der Waals surface area (Å²) in [6.07, 6.45) is -1.15. The molecule has 0 aliphatic carbocycles. The van der Waals surface area contributed by atoms with Crippen molar-refractivity contribution in [3.8, 4) is 11.3 Å². The maximum atomic E-state index is 14.8. The molecule has 0 spiro atoms. The van der Waals surface area contributed by atoms with Crippen LogP contribution in [-0.4, -0.2) is 33.1 Å². The van der Waals surface area contributed by atoms with Gasteiger partial charge in [-0.15, -0.1) is 0 Å². The molecular formula is C21H18F3N5O2. The second-order valence-corrected chi connectivity index (χ2v) is 7.18. The van der Waals surface area contributed by atoms with Crippen LogP contribution >= 0.6 is 0 Å². The van der Waals surface area contributed by atoms with Gasteiger partial charge in [0.1, 0.15) is 12.6 Å². The Morgan fingerprint density at radius 1 is 1.23 bits per heavy atom. The number of hydrogen-bond acceptors (Lipinski definition) is 4. The Morgan fingerprint density at radius 2 is 1.94 bits per heavy atom. The van der Waals surface area contributed by atoms with Crippen LogP contribution in [0.4, 0.5) is 24.5 Å². The molecule has 2 aromatic heterocycles. The van der Waals surface area contributed by atoms with Crippen LogP contribution in [0.2, 0.25) is 0 Å². The summed E-state index contributed by atoms with van der Waals surface area (Å²) in [5.74, 6) is -1.78. The molecule has 0 unspecified atom stereocenters. The van der Waals surface area contributed by atoms with Gasteiger partial charge in [0.15, 0.2) is 0 Å². The Morgan fingerprint density at radius 3 is 2.61 bits per heavy atom. The van der Waals surface area contributed by atoms with E-state index < -0.39 is 36.8 Å². The van der Waals surface area contributed by atoms with Crippen LogP contribution in [-0.2, 0) is 9.59 Å². The van der Waals surface area contributed by atoms with Gasteiger partial charge in [0.2, 0.25) is 11.9 Å². The van der Waals surface area contributed by atoms with Crippen molar-refractivity contribution < 1.29 is 22.8 Å². The molecule has 0 radical (unpaired) electrons. The molecule has 0 saturated heterocycles. The standard InChI is InChI=1S/C21H18F3N5O2/c1-11-9-16-18(20(24)26-11)15-7-8-25-29(15)12(2)21(31)28(16)10-17(30)27-14-5-3-13(4-6-14)19(22)23/h3-9,12,19H,10H2,1-2H3,(H,27,30)/t12-/m0/s1. The highest BCUT2D eigenvalue weighted by Gasteiger charge is 2.35. The molecule has 3 heterocycles. The van der Waals surface area contributed by atoms with Gasteiger partial charge in [-0.25, -0.2) is 13.8 Å². The molecule has 0 saturated carbocycles. The molecule has 160 valence electrons. The predicted molar refractivity (Wildman–Crippen MR) is 107 cm³/mol. The summed E-state index contributed by atoms with van der Waals surface area (Å²) >= 11 is 0. The summed E-state index contributed by atoms with van der Waals surface area (Å²) in [5.41, 5.74) is 1.15. The highest BCUT2D eigenvalue weighted by atomic mass is 19.3. The van der Waals surface area contributed by atoms with Gasteiger partial charge in [0, 0.05) is 23.1 Å². The number of alkyl halides is 2. The Balaban J connectivity index is 1.67. The predicted octanol–water partition coefficient (Wildman–Crippen LogP) is 3.88. The molecule has 7 nitrogen and oxygen atoms in total. The van der Waals surface area contributed by atoms with E-state index in [0.29, 0.717) is 17.1 Å². The first-order valence-electron chi connectivity index (χ1n) is 9.46. The number of rotatable bonds is 4. The Kier molecular flexibility index (Phi) is 5.22. The van der Waals surface area contributed by atoms with Crippen LogP contribution in [0.15, 0.2) is 42.6 Å². The number of fused-ring (bicyclic) bond motifs is 3. The third-order valence-corrected chi connectivity index (χ3v) is 5.04. The molecule has 3 aromatic rings. The number of halogens is 3. The first-order chi connectivity index (χ1) is 14.8. The summed E-state index contributed by atoms with van der Waals surface area (Å²) in [5, 5.41) is 6.70. The molecular weight excluding hydrogens is 411 g/mol. The van der Waals surface area contributed by atoms with Crippen LogP contribution in [0.25, 0.3) is 11.3 Å². The first-order valence-corrected chi connectivity index (χ1v) is 9.46. The molecule has 10 heteroatoms. The van der Waals surface area contributed by atoms with Gasteiger partial charge >= 0.3 is 0 Å². The average Bonchev–Trinajstić information content (AvgIpc) is 3.17. The minimum absolute atomic E-state index is 0.0786. The van der Waals surface area contributed by atoms with Crippen molar-refractivity contribution in [1.29, 1.82) is 0 Å². The third-order valence-electron chi connectivity index (χ3n) is 5.04. The van der Waals surface area contributed by atoms with Crippen molar-refractivity contribution in [2.45, 2.75) is 26.3 Å². The Hall–Kier alpha value is -3.69. The molecule has 4 rings (SSSR count). The number of aromatic nitrogens is 3. The Bertz CT molecular complexity index is 1160. The molecule has 1 atom stereocenters. The number of benzene rings is 1. The number of nitrogens with zero attached hydrogens (tertiary/aromatic N) is 4. The van der Waals surface area contributed by atoms with E-state index in [-0.39, 0.29) is 16.8 Å². The molecule has 0 bridgehead atoms. The van der Waals surface area contributed by atoms with E-state index in [9.17, 15) is 22.8 Å². The van der Waals surface area contributed by atoms with E-state index >= 15 is 0 Å². The zero-order chi connectivity index (χ0) is 22.3. The molecule has 2 amide bonds. The minimum Gasteiger partial charge on any atom is -0.325 e. The second kappa shape index (κ2) is 7.86. The van der Waals surface area contributed by atoms with Crippen molar-refractivity contribution in [3.63, 3.8) is 0 Å². The number of hydrogen-bond donors (Lipinski definition) is 1. The fourth-order valence-electron chi connectivity index (χ4n) is 3.56. The van der Waals surface area contributed by atoms with E-state index in [1.165, 1.54) is 46.1 Å². The highest BCUT2D eigenvalue weighted by molar-refractivity contribution is 6.07. The normalized spacial score (nSPS) is 15.5. The van der Waals surface area contributed by atoms with Crippen LogP contribution in [0.1, 0.15) is 30.6 Å². The minimum atomic E-state index is -2.62. The smallest absolute Gasteiger partial charge is 0.263 e. The van der Waals surface area contributed by atoms with Gasteiger partial charge in [-0.1, -0.05) is 12.1 Å².